The first-order valence-corrected chi connectivity index (χ1v) is 10.7. The minimum Gasteiger partial charge on any atom is -0.300 e. The number of aromatic nitrogens is 1. The summed E-state index contributed by atoms with van der Waals surface area (Å²) in [4.78, 5) is 23.2. The number of carbonyl (C=O) groups excluding carboxylic acids is 1. The van der Waals surface area contributed by atoms with Crippen LogP contribution in [0.3, 0.4) is 0 Å². The molecule has 0 fully saturated rings. The van der Waals surface area contributed by atoms with E-state index in [0.717, 1.165) is 5.56 Å². The minimum atomic E-state index is -3.81. The highest BCUT2D eigenvalue weighted by molar-refractivity contribution is 9.10. The lowest BCUT2D eigenvalue weighted by Crippen LogP contribution is -2.32. The van der Waals surface area contributed by atoms with Crippen molar-refractivity contribution in [1.29, 1.82) is 0 Å². The molecule has 0 N–H and O–H groups in total. The zero-order valence-electron chi connectivity index (χ0n) is 15.8. The molecule has 1 aromatic heterocycles. The van der Waals surface area contributed by atoms with Crippen LogP contribution in [-0.4, -0.2) is 24.2 Å². The average molecular weight is 455 g/mol. The molecule has 0 amide bonds. The van der Waals surface area contributed by atoms with Crippen molar-refractivity contribution in [3.63, 3.8) is 0 Å². The lowest BCUT2D eigenvalue weighted by Gasteiger charge is -2.28. The smallest absolute Gasteiger partial charge is 0.267 e. The Morgan fingerprint density at radius 3 is 2.37 bits per heavy atom. The summed E-state index contributed by atoms with van der Waals surface area (Å²) in [7, 11) is -3.81. The molecule has 1 atom stereocenters. The van der Waals surface area contributed by atoms with Crippen LogP contribution in [0.5, 0.6) is 0 Å². The van der Waals surface area contributed by atoms with Crippen LogP contribution in [0.25, 0.3) is 0 Å². The van der Waals surface area contributed by atoms with E-state index in [0.29, 0.717) is 10.2 Å². The summed E-state index contributed by atoms with van der Waals surface area (Å²) in [5, 5.41) is 3.20. The molecule has 1 unspecified atom stereocenters. The van der Waals surface area contributed by atoms with Crippen molar-refractivity contribution in [2.24, 2.45) is 10.6 Å². The van der Waals surface area contributed by atoms with Crippen LogP contribution in [0.15, 0.2) is 51.1 Å². The number of aryl methyl sites for hydroxylation is 1. The molecule has 146 valence electrons. The Morgan fingerprint density at radius 1 is 1.26 bits per heavy atom. The van der Waals surface area contributed by atoms with E-state index in [1.807, 2.05) is 6.92 Å². The third-order valence-corrected chi connectivity index (χ3v) is 6.70. The van der Waals surface area contributed by atoms with Crippen molar-refractivity contribution in [3.8, 4) is 0 Å². The molecule has 0 aliphatic rings. The molecule has 1 aromatic carbocycles. The summed E-state index contributed by atoms with van der Waals surface area (Å²) in [5.41, 5.74) is 0.714. The van der Waals surface area contributed by atoms with E-state index in [1.54, 1.807) is 44.2 Å². The SMILES string of the molecule is CC(=O)CC(C)(C)C(Cc1cc(Br)cn1S(=O)(=O)c1ccc(C)cc1)N=O. The molecule has 27 heavy (non-hydrogen) atoms. The summed E-state index contributed by atoms with van der Waals surface area (Å²) < 4.78 is 27.9. The third-order valence-electron chi connectivity index (χ3n) is 4.54. The van der Waals surface area contributed by atoms with E-state index in [2.05, 4.69) is 21.1 Å². The van der Waals surface area contributed by atoms with E-state index in [-0.39, 0.29) is 23.5 Å². The van der Waals surface area contributed by atoms with Gasteiger partial charge in [0.25, 0.3) is 10.0 Å². The summed E-state index contributed by atoms with van der Waals surface area (Å²) in [6.07, 6.45) is 1.76. The van der Waals surface area contributed by atoms with Gasteiger partial charge in [-0.3, -0.25) is 0 Å². The first kappa shape index (κ1) is 21.5. The number of nitroso groups, excluding NO2 is 1. The summed E-state index contributed by atoms with van der Waals surface area (Å²) >= 11 is 3.31. The van der Waals surface area contributed by atoms with Gasteiger partial charge in [-0.05, 0) is 53.4 Å². The second-order valence-electron chi connectivity index (χ2n) is 7.46. The number of Topliss-reactive ketones (excluding diaryl/α,β-unsaturated/α-hetero) is 1. The number of benzene rings is 1. The zero-order chi connectivity index (χ0) is 20.4. The number of ketones is 1. The topological polar surface area (TPSA) is 85.6 Å². The molecule has 0 spiro atoms. The van der Waals surface area contributed by atoms with Gasteiger partial charge in [0, 0.05) is 29.2 Å². The Labute approximate surface area is 168 Å². The number of hydrogen-bond donors (Lipinski definition) is 0. The maximum absolute atomic E-state index is 13.1. The van der Waals surface area contributed by atoms with Crippen LogP contribution in [0.1, 0.15) is 38.4 Å². The fourth-order valence-electron chi connectivity index (χ4n) is 3.07. The van der Waals surface area contributed by atoms with Crippen molar-refractivity contribution in [2.75, 3.05) is 0 Å². The first-order chi connectivity index (χ1) is 12.5. The van der Waals surface area contributed by atoms with Crippen LogP contribution in [-0.2, 0) is 21.2 Å². The molecule has 2 aromatic rings. The largest absolute Gasteiger partial charge is 0.300 e. The summed E-state index contributed by atoms with van der Waals surface area (Å²) in [6.45, 7) is 6.92. The standard InChI is InChI=1S/C19H23BrN2O4S/c1-13-5-7-17(8-6-13)27(25,26)22-12-15(20)9-16(22)10-18(21-24)19(3,4)11-14(2)23/h5-9,12,18H,10-11H2,1-4H3. The lowest BCUT2D eigenvalue weighted by atomic mass is 9.78. The van der Waals surface area contributed by atoms with Gasteiger partial charge in [0.15, 0.2) is 0 Å². The van der Waals surface area contributed by atoms with Gasteiger partial charge in [0.1, 0.15) is 11.8 Å². The van der Waals surface area contributed by atoms with Crippen molar-refractivity contribution in [3.05, 3.63) is 57.2 Å². The van der Waals surface area contributed by atoms with Gasteiger partial charge >= 0.3 is 0 Å². The predicted molar refractivity (Wildman–Crippen MR) is 108 cm³/mol. The van der Waals surface area contributed by atoms with Crippen molar-refractivity contribution < 1.29 is 13.2 Å². The Balaban J connectivity index is 2.44. The Hall–Kier alpha value is -1.80. The molecule has 1 heterocycles. The second kappa shape index (κ2) is 8.06. The number of rotatable bonds is 8. The van der Waals surface area contributed by atoms with Gasteiger partial charge in [-0.15, -0.1) is 0 Å². The molecule has 0 aliphatic heterocycles. The van der Waals surface area contributed by atoms with Crippen LogP contribution in [0.4, 0.5) is 0 Å². The zero-order valence-corrected chi connectivity index (χ0v) is 18.2. The number of nitrogens with zero attached hydrogens (tertiary/aromatic N) is 2. The Kier molecular flexibility index (Phi) is 6.42. The Morgan fingerprint density at radius 2 is 1.85 bits per heavy atom. The normalized spacial score (nSPS) is 13.4. The molecule has 8 heteroatoms. The number of hydrogen-bond acceptors (Lipinski definition) is 5. The van der Waals surface area contributed by atoms with Gasteiger partial charge in [-0.1, -0.05) is 36.7 Å². The van der Waals surface area contributed by atoms with E-state index in [4.69, 9.17) is 0 Å². The third kappa shape index (κ3) is 4.93. The maximum atomic E-state index is 13.1. The van der Waals surface area contributed by atoms with Gasteiger partial charge in [0.05, 0.1) is 4.90 Å². The van der Waals surface area contributed by atoms with Gasteiger partial charge in [-0.25, -0.2) is 12.4 Å². The first-order valence-electron chi connectivity index (χ1n) is 8.48. The van der Waals surface area contributed by atoms with E-state index in [9.17, 15) is 18.1 Å². The van der Waals surface area contributed by atoms with Crippen molar-refractivity contribution in [1.82, 2.24) is 3.97 Å². The highest BCUT2D eigenvalue weighted by atomic mass is 79.9. The highest BCUT2D eigenvalue weighted by Gasteiger charge is 2.34. The maximum Gasteiger partial charge on any atom is 0.267 e. The predicted octanol–water partition coefficient (Wildman–Crippen LogP) is 4.48. The molecular formula is C19H23BrN2O4S. The molecule has 0 bridgehead atoms. The minimum absolute atomic E-state index is 0.0440. The molecular weight excluding hydrogens is 432 g/mol. The van der Waals surface area contributed by atoms with Gasteiger partial charge in [0.2, 0.25) is 0 Å². The summed E-state index contributed by atoms with van der Waals surface area (Å²) in [5.74, 6) is -0.0440. The summed E-state index contributed by atoms with van der Waals surface area (Å²) in [6, 6.07) is 7.49. The van der Waals surface area contributed by atoms with Crippen molar-refractivity contribution in [2.45, 2.75) is 51.5 Å². The quantitative estimate of drug-likeness (QED) is 0.550. The second-order valence-corrected chi connectivity index (χ2v) is 10.2. The molecule has 2 rings (SSSR count). The van der Waals surface area contributed by atoms with E-state index in [1.165, 1.54) is 17.1 Å². The lowest BCUT2D eigenvalue weighted by molar-refractivity contribution is -0.119. The van der Waals surface area contributed by atoms with Crippen LogP contribution in [0.2, 0.25) is 0 Å². The van der Waals surface area contributed by atoms with Gasteiger partial charge < -0.3 is 4.79 Å². The number of carbonyl (C=O) groups is 1. The highest BCUT2D eigenvalue weighted by Crippen LogP contribution is 2.32. The van der Waals surface area contributed by atoms with Crippen molar-refractivity contribution >= 4 is 31.7 Å². The van der Waals surface area contributed by atoms with Gasteiger partial charge in [-0.2, -0.15) is 4.91 Å². The molecule has 0 aliphatic carbocycles. The van der Waals surface area contributed by atoms with E-state index >= 15 is 0 Å². The Bertz CT molecular complexity index is 947. The number of halogens is 1. The molecule has 0 radical (unpaired) electrons. The average Bonchev–Trinajstić information content (AvgIpc) is 2.93. The van der Waals surface area contributed by atoms with Crippen LogP contribution >= 0.6 is 15.9 Å². The molecule has 6 nitrogen and oxygen atoms in total. The monoisotopic (exact) mass is 454 g/mol. The van der Waals surface area contributed by atoms with E-state index < -0.39 is 21.5 Å². The van der Waals surface area contributed by atoms with Crippen LogP contribution < -0.4 is 0 Å². The van der Waals surface area contributed by atoms with Crippen LogP contribution in [0, 0.1) is 17.2 Å². The molecule has 0 saturated carbocycles. The fourth-order valence-corrected chi connectivity index (χ4v) is 5.07. The molecule has 0 saturated heterocycles. The fraction of sp³-hybridized carbons (Fsp3) is 0.421.